The first kappa shape index (κ1) is 10.2. The van der Waals surface area contributed by atoms with Crippen LogP contribution in [0.2, 0.25) is 0 Å². The Bertz CT molecular complexity index is 354. The Morgan fingerprint density at radius 2 is 2.07 bits per heavy atom. The number of carbonyl (C=O) groups excluding carboxylic acids is 1. The van der Waals surface area contributed by atoms with Crippen LogP contribution < -0.4 is 4.90 Å². The molecule has 1 aliphatic rings. The second-order valence-electron chi connectivity index (χ2n) is 3.92. The van der Waals surface area contributed by atoms with E-state index < -0.39 is 0 Å². The smallest absolute Gasteiger partial charge is 0.223 e. The average molecular weight is 205 g/mol. The van der Waals surface area contributed by atoms with Crippen molar-refractivity contribution in [2.24, 2.45) is 0 Å². The van der Waals surface area contributed by atoms with E-state index in [0.29, 0.717) is 6.54 Å². The van der Waals surface area contributed by atoms with Gasteiger partial charge in [-0.3, -0.25) is 4.79 Å². The predicted octanol–water partition coefficient (Wildman–Crippen LogP) is 1.75. The van der Waals surface area contributed by atoms with Gasteiger partial charge >= 0.3 is 0 Å². The number of carbonyl (C=O) groups is 1. The van der Waals surface area contributed by atoms with Gasteiger partial charge in [-0.05, 0) is 19.1 Å². The number of hydrogen-bond donors (Lipinski definition) is 0. The summed E-state index contributed by atoms with van der Waals surface area (Å²) < 4.78 is 5.14. The standard InChI is InChI=1S/C12H15NO2/c1-9-3-5-11(6-4-9)13(10(2)14)7-12-8-15-12/h3-6,12H,7-8H2,1-2H3. The molecular formula is C12H15NO2. The van der Waals surface area contributed by atoms with Gasteiger partial charge in [0.1, 0.15) is 0 Å². The van der Waals surface area contributed by atoms with Crippen molar-refractivity contribution in [2.75, 3.05) is 18.1 Å². The summed E-state index contributed by atoms with van der Waals surface area (Å²) in [5, 5.41) is 0. The minimum atomic E-state index is 0.0642. The Morgan fingerprint density at radius 3 is 2.53 bits per heavy atom. The van der Waals surface area contributed by atoms with Crippen molar-refractivity contribution in [2.45, 2.75) is 20.0 Å². The second-order valence-corrected chi connectivity index (χ2v) is 3.92. The Morgan fingerprint density at radius 1 is 1.47 bits per heavy atom. The highest BCUT2D eigenvalue weighted by atomic mass is 16.6. The van der Waals surface area contributed by atoms with Gasteiger partial charge in [-0.1, -0.05) is 17.7 Å². The normalized spacial score (nSPS) is 18.7. The topological polar surface area (TPSA) is 32.8 Å². The molecule has 1 saturated heterocycles. The molecular weight excluding hydrogens is 190 g/mol. The van der Waals surface area contributed by atoms with Crippen molar-refractivity contribution in [1.82, 2.24) is 0 Å². The van der Waals surface area contributed by atoms with Crippen molar-refractivity contribution in [3.63, 3.8) is 0 Å². The lowest BCUT2D eigenvalue weighted by Crippen LogP contribution is -2.32. The summed E-state index contributed by atoms with van der Waals surface area (Å²) in [7, 11) is 0. The van der Waals surface area contributed by atoms with Crippen LogP contribution in [0.5, 0.6) is 0 Å². The summed E-state index contributed by atoms with van der Waals surface area (Å²) in [6, 6.07) is 7.97. The molecule has 1 atom stereocenters. The van der Waals surface area contributed by atoms with E-state index in [9.17, 15) is 4.79 Å². The molecule has 1 amide bonds. The molecule has 0 saturated carbocycles. The molecule has 0 bridgehead atoms. The summed E-state index contributed by atoms with van der Waals surface area (Å²) in [4.78, 5) is 13.2. The average Bonchev–Trinajstić information content (AvgIpc) is 2.99. The summed E-state index contributed by atoms with van der Waals surface area (Å²) in [6.07, 6.45) is 0.232. The molecule has 1 unspecified atom stereocenters. The molecule has 15 heavy (non-hydrogen) atoms. The fraction of sp³-hybridized carbons (Fsp3) is 0.417. The highest BCUT2D eigenvalue weighted by molar-refractivity contribution is 5.91. The molecule has 0 aromatic heterocycles. The van der Waals surface area contributed by atoms with Gasteiger partial charge in [-0.15, -0.1) is 0 Å². The van der Waals surface area contributed by atoms with E-state index in [1.54, 1.807) is 11.8 Å². The molecule has 1 aromatic carbocycles. The van der Waals surface area contributed by atoms with Crippen LogP contribution >= 0.6 is 0 Å². The Kier molecular flexibility index (Phi) is 2.73. The van der Waals surface area contributed by atoms with Crippen molar-refractivity contribution in [3.8, 4) is 0 Å². The minimum Gasteiger partial charge on any atom is -0.371 e. The zero-order chi connectivity index (χ0) is 10.8. The zero-order valence-electron chi connectivity index (χ0n) is 9.06. The van der Waals surface area contributed by atoms with E-state index in [1.165, 1.54) is 5.56 Å². The first-order chi connectivity index (χ1) is 7.16. The quantitative estimate of drug-likeness (QED) is 0.704. The number of nitrogens with zero attached hydrogens (tertiary/aromatic N) is 1. The van der Waals surface area contributed by atoms with Gasteiger partial charge in [0.2, 0.25) is 5.91 Å². The van der Waals surface area contributed by atoms with Crippen molar-refractivity contribution >= 4 is 11.6 Å². The number of epoxide rings is 1. The number of anilines is 1. The van der Waals surface area contributed by atoms with Gasteiger partial charge in [-0.25, -0.2) is 0 Å². The maximum Gasteiger partial charge on any atom is 0.223 e. The lowest BCUT2D eigenvalue weighted by Gasteiger charge is -2.20. The molecule has 80 valence electrons. The van der Waals surface area contributed by atoms with Gasteiger partial charge < -0.3 is 9.64 Å². The zero-order valence-corrected chi connectivity index (χ0v) is 9.06. The number of hydrogen-bond acceptors (Lipinski definition) is 2. The monoisotopic (exact) mass is 205 g/mol. The van der Waals surface area contributed by atoms with Crippen LogP contribution in [-0.2, 0) is 9.53 Å². The number of aryl methyl sites for hydroxylation is 1. The third kappa shape index (κ3) is 2.57. The Labute approximate surface area is 89.7 Å². The van der Waals surface area contributed by atoms with Gasteiger partial charge in [0, 0.05) is 12.6 Å². The van der Waals surface area contributed by atoms with E-state index >= 15 is 0 Å². The maximum absolute atomic E-state index is 11.5. The highest BCUT2D eigenvalue weighted by Gasteiger charge is 2.27. The minimum absolute atomic E-state index is 0.0642. The van der Waals surface area contributed by atoms with E-state index in [2.05, 4.69) is 0 Å². The van der Waals surface area contributed by atoms with Gasteiger partial charge in [0.25, 0.3) is 0 Å². The van der Waals surface area contributed by atoms with Crippen LogP contribution in [0, 0.1) is 6.92 Å². The largest absolute Gasteiger partial charge is 0.371 e. The molecule has 0 aliphatic carbocycles. The maximum atomic E-state index is 11.5. The van der Waals surface area contributed by atoms with Gasteiger partial charge in [0.15, 0.2) is 0 Å². The van der Waals surface area contributed by atoms with E-state index in [0.717, 1.165) is 12.3 Å². The van der Waals surface area contributed by atoms with Gasteiger partial charge in [-0.2, -0.15) is 0 Å². The highest BCUT2D eigenvalue weighted by Crippen LogP contribution is 2.19. The number of benzene rings is 1. The molecule has 1 fully saturated rings. The van der Waals surface area contributed by atoms with Crippen LogP contribution in [0.3, 0.4) is 0 Å². The van der Waals surface area contributed by atoms with Crippen LogP contribution in [-0.4, -0.2) is 25.2 Å². The number of rotatable bonds is 3. The van der Waals surface area contributed by atoms with E-state index in [1.807, 2.05) is 31.2 Å². The SMILES string of the molecule is CC(=O)N(CC1CO1)c1ccc(C)cc1. The Hall–Kier alpha value is -1.35. The molecule has 0 N–H and O–H groups in total. The third-order valence-electron chi connectivity index (χ3n) is 2.51. The first-order valence-electron chi connectivity index (χ1n) is 5.13. The molecule has 1 aromatic rings. The molecule has 3 nitrogen and oxygen atoms in total. The van der Waals surface area contributed by atoms with Crippen LogP contribution in [0.1, 0.15) is 12.5 Å². The molecule has 2 rings (SSSR count). The summed E-state index contributed by atoms with van der Waals surface area (Å²) in [5.41, 5.74) is 2.15. The van der Waals surface area contributed by atoms with Crippen LogP contribution in [0.15, 0.2) is 24.3 Å². The van der Waals surface area contributed by atoms with Crippen LogP contribution in [0.4, 0.5) is 5.69 Å². The molecule has 1 aliphatic heterocycles. The molecule has 0 radical (unpaired) electrons. The van der Waals surface area contributed by atoms with Crippen molar-refractivity contribution < 1.29 is 9.53 Å². The summed E-state index contributed by atoms with van der Waals surface area (Å²) in [5.74, 6) is 0.0642. The number of amides is 1. The molecule has 1 heterocycles. The molecule has 3 heteroatoms. The lowest BCUT2D eigenvalue weighted by atomic mass is 10.2. The fourth-order valence-electron chi connectivity index (χ4n) is 1.52. The van der Waals surface area contributed by atoms with Crippen molar-refractivity contribution in [3.05, 3.63) is 29.8 Å². The summed E-state index contributed by atoms with van der Waals surface area (Å²) in [6.45, 7) is 5.06. The Balaban J connectivity index is 2.15. The third-order valence-corrected chi connectivity index (χ3v) is 2.51. The van der Waals surface area contributed by atoms with E-state index in [-0.39, 0.29) is 12.0 Å². The first-order valence-corrected chi connectivity index (χ1v) is 5.13. The fourth-order valence-corrected chi connectivity index (χ4v) is 1.52. The number of ether oxygens (including phenoxy) is 1. The van der Waals surface area contributed by atoms with Crippen molar-refractivity contribution in [1.29, 1.82) is 0 Å². The van der Waals surface area contributed by atoms with E-state index in [4.69, 9.17) is 4.74 Å². The predicted molar refractivity (Wildman–Crippen MR) is 58.9 cm³/mol. The molecule has 0 spiro atoms. The lowest BCUT2D eigenvalue weighted by molar-refractivity contribution is -0.116. The van der Waals surface area contributed by atoms with Crippen LogP contribution in [0.25, 0.3) is 0 Å². The van der Waals surface area contributed by atoms with Gasteiger partial charge in [0.05, 0.1) is 19.3 Å². The second kappa shape index (κ2) is 4.03. The summed E-state index contributed by atoms with van der Waals surface area (Å²) >= 11 is 0.